The topological polar surface area (TPSA) is 89.7 Å². The van der Waals surface area contributed by atoms with Crippen molar-refractivity contribution < 1.29 is 13.6 Å². The van der Waals surface area contributed by atoms with Gasteiger partial charge in [0.25, 0.3) is 11.8 Å². The van der Waals surface area contributed by atoms with Crippen molar-refractivity contribution in [1.82, 2.24) is 24.5 Å². The number of amides is 1. The van der Waals surface area contributed by atoms with Crippen molar-refractivity contribution in [3.63, 3.8) is 0 Å². The van der Waals surface area contributed by atoms with Gasteiger partial charge in [0.1, 0.15) is 4.83 Å². The van der Waals surface area contributed by atoms with Crippen LogP contribution in [0.25, 0.3) is 27.0 Å². The van der Waals surface area contributed by atoms with Gasteiger partial charge in [-0.1, -0.05) is 6.92 Å². The van der Waals surface area contributed by atoms with Crippen molar-refractivity contribution in [2.75, 3.05) is 6.54 Å². The molecular weight excluding hydrogens is 398 g/mol. The fraction of sp³-hybridized carbons (Fsp3) is 0.222. The van der Waals surface area contributed by atoms with Gasteiger partial charge in [0.15, 0.2) is 10.7 Å². The molecule has 10 heteroatoms. The molecule has 0 fully saturated rings. The summed E-state index contributed by atoms with van der Waals surface area (Å²) in [6.45, 7) is 2.87. The number of hydrogen-bond donors (Lipinski definition) is 0. The smallest absolute Gasteiger partial charge is 0.283 e. The van der Waals surface area contributed by atoms with Crippen molar-refractivity contribution in [1.29, 1.82) is 0 Å². The number of thiazole rings is 1. The lowest BCUT2D eigenvalue weighted by Gasteiger charge is -2.19. The highest BCUT2D eigenvalue weighted by molar-refractivity contribution is 7.21. The van der Waals surface area contributed by atoms with E-state index in [-0.39, 0.29) is 12.5 Å². The number of nitrogens with zero attached hydrogens (tertiary/aromatic N) is 5. The van der Waals surface area contributed by atoms with Gasteiger partial charge in [-0.15, -0.1) is 32.9 Å². The summed E-state index contributed by atoms with van der Waals surface area (Å²) in [5.41, 5.74) is 0.957. The SMILES string of the molecule is CCCN(Cc1nnc(-c2ccco2)o1)C(=O)c1cc2c(nc3sccn32)s1. The van der Waals surface area contributed by atoms with Gasteiger partial charge in [0, 0.05) is 18.1 Å². The average molecular weight is 413 g/mol. The van der Waals surface area contributed by atoms with Crippen molar-refractivity contribution in [2.24, 2.45) is 0 Å². The molecular formula is C18H15N5O3S2. The first-order valence-electron chi connectivity index (χ1n) is 8.73. The Morgan fingerprint density at radius 1 is 1.36 bits per heavy atom. The molecule has 0 bridgehead atoms. The molecule has 0 atom stereocenters. The Hall–Kier alpha value is -2.98. The summed E-state index contributed by atoms with van der Waals surface area (Å²) in [5.74, 6) is 1.12. The minimum Gasteiger partial charge on any atom is -0.459 e. The summed E-state index contributed by atoms with van der Waals surface area (Å²) in [4.78, 5) is 21.9. The third-order valence-corrected chi connectivity index (χ3v) is 6.02. The van der Waals surface area contributed by atoms with Crippen LogP contribution >= 0.6 is 22.7 Å². The van der Waals surface area contributed by atoms with Crippen LogP contribution < -0.4 is 0 Å². The molecule has 142 valence electrons. The third-order valence-electron chi connectivity index (χ3n) is 4.26. The summed E-state index contributed by atoms with van der Waals surface area (Å²) < 4.78 is 12.9. The predicted molar refractivity (Wildman–Crippen MR) is 105 cm³/mol. The van der Waals surface area contributed by atoms with Crippen LogP contribution in [-0.2, 0) is 6.54 Å². The summed E-state index contributed by atoms with van der Waals surface area (Å²) in [6.07, 6.45) is 4.34. The Labute approximate surface area is 167 Å². The zero-order valence-corrected chi connectivity index (χ0v) is 16.5. The van der Waals surface area contributed by atoms with Crippen LogP contribution in [-0.4, -0.2) is 36.9 Å². The van der Waals surface area contributed by atoms with Gasteiger partial charge in [-0.25, -0.2) is 4.98 Å². The molecule has 0 aliphatic rings. The molecule has 1 amide bonds. The predicted octanol–water partition coefficient (Wildman–Crippen LogP) is 4.31. The van der Waals surface area contributed by atoms with E-state index in [9.17, 15) is 4.79 Å². The van der Waals surface area contributed by atoms with Crippen LogP contribution in [0.3, 0.4) is 0 Å². The van der Waals surface area contributed by atoms with Crippen LogP contribution in [0.2, 0.25) is 0 Å². The fourth-order valence-electron chi connectivity index (χ4n) is 3.01. The summed E-state index contributed by atoms with van der Waals surface area (Å²) in [5, 5.41) is 10.0. The second-order valence-corrected chi connectivity index (χ2v) is 8.08. The molecule has 0 radical (unpaired) electrons. The molecule has 0 aliphatic heterocycles. The first kappa shape index (κ1) is 17.1. The molecule has 0 aromatic carbocycles. The molecule has 5 rings (SSSR count). The summed E-state index contributed by atoms with van der Waals surface area (Å²) >= 11 is 2.98. The number of fused-ring (bicyclic) bond motifs is 3. The summed E-state index contributed by atoms with van der Waals surface area (Å²) in [6, 6.07) is 5.41. The highest BCUT2D eigenvalue weighted by atomic mass is 32.1. The minimum absolute atomic E-state index is 0.0634. The van der Waals surface area contributed by atoms with E-state index in [1.54, 1.807) is 34.6 Å². The van der Waals surface area contributed by atoms with Crippen molar-refractivity contribution >= 4 is 43.9 Å². The van der Waals surface area contributed by atoms with Crippen molar-refractivity contribution in [3.8, 4) is 11.7 Å². The first-order chi connectivity index (χ1) is 13.7. The second kappa shape index (κ2) is 6.88. The first-order valence-corrected chi connectivity index (χ1v) is 10.4. The molecule has 8 nitrogen and oxygen atoms in total. The van der Waals surface area contributed by atoms with Crippen LogP contribution in [0, 0.1) is 0 Å². The van der Waals surface area contributed by atoms with Crippen LogP contribution in [0.1, 0.15) is 28.9 Å². The number of thiophene rings is 1. The maximum absolute atomic E-state index is 13.1. The van der Waals surface area contributed by atoms with Crippen molar-refractivity contribution in [2.45, 2.75) is 19.9 Å². The van der Waals surface area contributed by atoms with Gasteiger partial charge in [0.2, 0.25) is 5.89 Å². The summed E-state index contributed by atoms with van der Waals surface area (Å²) in [7, 11) is 0. The van der Waals surface area contributed by atoms with E-state index >= 15 is 0 Å². The Balaban J connectivity index is 1.41. The number of imidazole rings is 1. The third kappa shape index (κ3) is 2.90. The molecule has 0 spiro atoms. The normalized spacial score (nSPS) is 11.6. The van der Waals surface area contributed by atoms with E-state index in [4.69, 9.17) is 8.83 Å². The number of rotatable bonds is 6. The quantitative estimate of drug-likeness (QED) is 0.412. The van der Waals surface area contributed by atoms with E-state index in [1.807, 2.05) is 29.0 Å². The molecule has 5 aromatic rings. The number of furan rings is 1. The molecule has 0 unspecified atom stereocenters. The molecule has 28 heavy (non-hydrogen) atoms. The van der Waals surface area contributed by atoms with Gasteiger partial charge in [-0.3, -0.25) is 9.20 Å². The van der Waals surface area contributed by atoms with Gasteiger partial charge in [-0.05, 0) is 24.6 Å². The largest absolute Gasteiger partial charge is 0.459 e. The van der Waals surface area contributed by atoms with E-state index < -0.39 is 0 Å². The molecule has 0 saturated carbocycles. The molecule has 5 aromatic heterocycles. The lowest BCUT2D eigenvalue weighted by atomic mass is 10.3. The Bertz CT molecular complexity index is 1250. The van der Waals surface area contributed by atoms with Crippen molar-refractivity contribution in [3.05, 3.63) is 46.8 Å². The standard InChI is InChI=1S/C18H15N5O3S2/c1-2-5-22(10-14-20-21-15(26-14)12-4-3-7-25-12)17(24)13-9-11-16(28-13)19-18-23(11)6-8-27-18/h3-4,6-9H,2,5,10H2,1H3. The van der Waals surface area contributed by atoms with E-state index in [1.165, 1.54) is 11.3 Å². The fourth-order valence-corrected chi connectivity index (χ4v) is 4.78. The average Bonchev–Trinajstić information content (AvgIpc) is 3.46. The van der Waals surface area contributed by atoms with Gasteiger partial charge < -0.3 is 13.7 Å². The molecule has 0 N–H and O–H groups in total. The highest BCUT2D eigenvalue weighted by Gasteiger charge is 2.22. The zero-order chi connectivity index (χ0) is 19.1. The number of hydrogen-bond acceptors (Lipinski definition) is 8. The van der Waals surface area contributed by atoms with Gasteiger partial charge in [-0.2, -0.15) is 0 Å². The van der Waals surface area contributed by atoms with E-state index in [2.05, 4.69) is 15.2 Å². The number of aromatic nitrogens is 4. The lowest BCUT2D eigenvalue weighted by Crippen LogP contribution is -2.30. The monoisotopic (exact) mass is 413 g/mol. The Morgan fingerprint density at radius 3 is 3.11 bits per heavy atom. The zero-order valence-electron chi connectivity index (χ0n) is 14.9. The van der Waals surface area contributed by atoms with Crippen LogP contribution in [0.15, 0.2) is 44.9 Å². The number of carbonyl (C=O) groups is 1. The Kier molecular flexibility index (Phi) is 4.21. The second-order valence-electron chi connectivity index (χ2n) is 6.17. The molecule has 0 saturated heterocycles. The maximum Gasteiger partial charge on any atom is 0.283 e. The highest BCUT2D eigenvalue weighted by Crippen LogP contribution is 2.29. The van der Waals surface area contributed by atoms with Crippen LogP contribution in [0.4, 0.5) is 0 Å². The van der Waals surface area contributed by atoms with Gasteiger partial charge in [0.05, 0.1) is 23.2 Å². The minimum atomic E-state index is -0.0634. The Morgan fingerprint density at radius 2 is 2.29 bits per heavy atom. The number of carbonyl (C=O) groups excluding carboxylic acids is 1. The lowest BCUT2D eigenvalue weighted by molar-refractivity contribution is 0.0733. The molecule has 0 aliphatic carbocycles. The van der Waals surface area contributed by atoms with Gasteiger partial charge >= 0.3 is 0 Å². The van der Waals surface area contributed by atoms with E-state index in [0.29, 0.717) is 29.0 Å². The van der Waals surface area contributed by atoms with E-state index in [0.717, 1.165) is 21.7 Å². The maximum atomic E-state index is 13.1. The molecule has 5 heterocycles. The van der Waals surface area contributed by atoms with Crippen LogP contribution in [0.5, 0.6) is 0 Å².